The van der Waals surface area contributed by atoms with Gasteiger partial charge in [0, 0.05) is 13.0 Å². The van der Waals surface area contributed by atoms with Crippen molar-refractivity contribution < 1.29 is 9.53 Å². The molecule has 0 aromatic rings. The summed E-state index contributed by atoms with van der Waals surface area (Å²) in [5.41, 5.74) is 5.57. The molecular weight excluding hydrogens is 240 g/mol. The Labute approximate surface area is 118 Å². The first kappa shape index (κ1) is 18.4. The average Bonchev–Trinajstić information content (AvgIpc) is 2.38. The van der Waals surface area contributed by atoms with Crippen molar-refractivity contribution in [3.05, 3.63) is 0 Å². The summed E-state index contributed by atoms with van der Waals surface area (Å²) in [6.07, 6.45) is 3.63. The first-order valence-electron chi connectivity index (χ1n) is 7.62. The highest BCUT2D eigenvalue weighted by Crippen LogP contribution is 2.14. The molecule has 0 saturated carbocycles. The number of hydrogen-bond donors (Lipinski definition) is 2. The van der Waals surface area contributed by atoms with Crippen LogP contribution in [0.1, 0.15) is 53.4 Å². The molecule has 0 aliphatic carbocycles. The summed E-state index contributed by atoms with van der Waals surface area (Å²) in [7, 11) is 0. The van der Waals surface area contributed by atoms with Crippen molar-refractivity contribution in [3.8, 4) is 0 Å². The molecule has 0 aliphatic heterocycles. The van der Waals surface area contributed by atoms with Gasteiger partial charge in [0.2, 0.25) is 5.91 Å². The number of ether oxygens (including phenoxy) is 1. The Morgan fingerprint density at radius 1 is 1.26 bits per heavy atom. The Bertz CT molecular complexity index is 232. The number of hydrogen-bond acceptors (Lipinski definition) is 3. The van der Waals surface area contributed by atoms with Gasteiger partial charge < -0.3 is 15.8 Å². The van der Waals surface area contributed by atoms with Crippen LogP contribution in [0.3, 0.4) is 0 Å². The SMILES string of the molecule is CCOCC(NC(=O)CCC(CC)CCN)C(C)C. The molecule has 0 aliphatic rings. The molecule has 0 radical (unpaired) electrons. The highest BCUT2D eigenvalue weighted by molar-refractivity contribution is 5.76. The quantitative estimate of drug-likeness (QED) is 0.606. The summed E-state index contributed by atoms with van der Waals surface area (Å²) < 4.78 is 5.41. The molecule has 4 nitrogen and oxygen atoms in total. The molecule has 3 N–H and O–H groups in total. The lowest BCUT2D eigenvalue weighted by Crippen LogP contribution is -2.42. The standard InChI is InChI=1S/C15H32N2O2/c1-5-13(9-10-16)7-8-15(18)17-14(12(3)4)11-19-6-2/h12-14H,5-11,16H2,1-4H3,(H,17,18). The molecule has 0 saturated heterocycles. The van der Waals surface area contributed by atoms with Crippen molar-refractivity contribution in [1.29, 1.82) is 0 Å². The summed E-state index contributed by atoms with van der Waals surface area (Å²) in [4.78, 5) is 11.9. The van der Waals surface area contributed by atoms with Gasteiger partial charge in [0.15, 0.2) is 0 Å². The highest BCUT2D eigenvalue weighted by atomic mass is 16.5. The molecule has 0 aromatic heterocycles. The number of rotatable bonds is 11. The van der Waals surface area contributed by atoms with Gasteiger partial charge in [-0.2, -0.15) is 0 Å². The minimum absolute atomic E-state index is 0.113. The van der Waals surface area contributed by atoms with E-state index in [1.807, 2.05) is 6.92 Å². The zero-order valence-corrected chi connectivity index (χ0v) is 13.1. The van der Waals surface area contributed by atoms with Crippen LogP contribution in [0, 0.1) is 11.8 Å². The first-order chi connectivity index (χ1) is 9.04. The van der Waals surface area contributed by atoms with Crippen molar-refractivity contribution in [2.45, 2.75) is 59.4 Å². The molecule has 2 atom stereocenters. The third-order valence-electron chi connectivity index (χ3n) is 3.58. The first-order valence-corrected chi connectivity index (χ1v) is 7.62. The average molecular weight is 272 g/mol. The Hall–Kier alpha value is -0.610. The fourth-order valence-corrected chi connectivity index (χ4v) is 2.05. The topological polar surface area (TPSA) is 64.3 Å². The maximum Gasteiger partial charge on any atom is 0.220 e. The fraction of sp³-hybridized carbons (Fsp3) is 0.933. The fourth-order valence-electron chi connectivity index (χ4n) is 2.05. The van der Waals surface area contributed by atoms with E-state index in [-0.39, 0.29) is 11.9 Å². The lowest BCUT2D eigenvalue weighted by Gasteiger charge is -2.22. The van der Waals surface area contributed by atoms with Crippen LogP contribution in [-0.2, 0) is 9.53 Å². The second kappa shape index (κ2) is 11.2. The molecule has 0 fully saturated rings. The van der Waals surface area contributed by atoms with E-state index in [1.165, 1.54) is 0 Å². The lowest BCUT2D eigenvalue weighted by molar-refractivity contribution is -0.123. The largest absolute Gasteiger partial charge is 0.380 e. The third kappa shape index (κ3) is 9.00. The maximum atomic E-state index is 11.9. The summed E-state index contributed by atoms with van der Waals surface area (Å²) >= 11 is 0. The van der Waals surface area contributed by atoms with E-state index in [0.717, 1.165) is 19.3 Å². The number of nitrogens with two attached hydrogens (primary N) is 1. The van der Waals surface area contributed by atoms with Crippen molar-refractivity contribution in [3.63, 3.8) is 0 Å². The van der Waals surface area contributed by atoms with Crippen LogP contribution in [0.4, 0.5) is 0 Å². The molecule has 19 heavy (non-hydrogen) atoms. The van der Waals surface area contributed by atoms with Gasteiger partial charge in [0.05, 0.1) is 12.6 Å². The number of amides is 1. The Balaban J connectivity index is 4.04. The molecule has 0 rings (SSSR count). The van der Waals surface area contributed by atoms with Gasteiger partial charge in [-0.3, -0.25) is 4.79 Å². The summed E-state index contributed by atoms with van der Waals surface area (Å²) in [5.74, 6) is 1.09. The number of carbonyl (C=O) groups is 1. The van der Waals surface area contributed by atoms with E-state index in [2.05, 4.69) is 26.1 Å². The molecule has 2 unspecified atom stereocenters. The van der Waals surface area contributed by atoms with Gasteiger partial charge in [-0.25, -0.2) is 0 Å². The molecule has 0 aromatic carbocycles. The minimum Gasteiger partial charge on any atom is -0.380 e. The van der Waals surface area contributed by atoms with Crippen LogP contribution >= 0.6 is 0 Å². The van der Waals surface area contributed by atoms with Gasteiger partial charge in [-0.15, -0.1) is 0 Å². The van der Waals surface area contributed by atoms with Gasteiger partial charge in [-0.05, 0) is 38.1 Å². The normalized spacial score (nSPS) is 14.4. The molecule has 4 heteroatoms. The van der Waals surface area contributed by atoms with Crippen LogP contribution in [-0.4, -0.2) is 31.7 Å². The van der Waals surface area contributed by atoms with Crippen LogP contribution in [0.15, 0.2) is 0 Å². The molecule has 1 amide bonds. The van der Waals surface area contributed by atoms with E-state index < -0.39 is 0 Å². The smallest absolute Gasteiger partial charge is 0.220 e. The van der Waals surface area contributed by atoms with Crippen molar-refractivity contribution in [2.24, 2.45) is 17.6 Å². The van der Waals surface area contributed by atoms with Crippen LogP contribution < -0.4 is 11.1 Å². The molecule has 0 heterocycles. The lowest BCUT2D eigenvalue weighted by atomic mass is 9.96. The van der Waals surface area contributed by atoms with Crippen molar-refractivity contribution in [1.82, 2.24) is 5.32 Å². The summed E-state index contributed by atoms with van der Waals surface area (Å²) in [6.45, 7) is 10.3. The summed E-state index contributed by atoms with van der Waals surface area (Å²) in [6, 6.07) is 0.113. The summed E-state index contributed by atoms with van der Waals surface area (Å²) in [5, 5.41) is 3.08. The second-order valence-corrected chi connectivity index (χ2v) is 5.47. The van der Waals surface area contributed by atoms with Gasteiger partial charge in [0.1, 0.15) is 0 Å². The van der Waals surface area contributed by atoms with Crippen LogP contribution in [0.2, 0.25) is 0 Å². The van der Waals surface area contributed by atoms with Gasteiger partial charge in [0.25, 0.3) is 0 Å². The monoisotopic (exact) mass is 272 g/mol. The van der Waals surface area contributed by atoms with Gasteiger partial charge >= 0.3 is 0 Å². The predicted octanol–water partition coefficient (Wildman–Crippen LogP) is 2.32. The maximum absolute atomic E-state index is 11.9. The van der Waals surface area contributed by atoms with E-state index in [9.17, 15) is 4.79 Å². The van der Waals surface area contributed by atoms with E-state index in [0.29, 0.717) is 38.0 Å². The van der Waals surface area contributed by atoms with E-state index >= 15 is 0 Å². The number of carbonyl (C=O) groups excluding carboxylic acids is 1. The van der Waals surface area contributed by atoms with Crippen LogP contribution in [0.25, 0.3) is 0 Å². The van der Waals surface area contributed by atoms with Crippen molar-refractivity contribution >= 4 is 5.91 Å². The Kier molecular flexibility index (Phi) is 10.9. The molecule has 0 spiro atoms. The predicted molar refractivity (Wildman–Crippen MR) is 79.9 cm³/mol. The number of nitrogens with one attached hydrogen (secondary N) is 1. The van der Waals surface area contributed by atoms with Crippen molar-refractivity contribution in [2.75, 3.05) is 19.8 Å². The van der Waals surface area contributed by atoms with E-state index in [4.69, 9.17) is 10.5 Å². The Morgan fingerprint density at radius 2 is 1.95 bits per heavy atom. The highest BCUT2D eigenvalue weighted by Gasteiger charge is 2.17. The van der Waals surface area contributed by atoms with Gasteiger partial charge in [-0.1, -0.05) is 27.2 Å². The zero-order valence-electron chi connectivity index (χ0n) is 13.1. The molecule has 0 bridgehead atoms. The Morgan fingerprint density at radius 3 is 2.42 bits per heavy atom. The third-order valence-corrected chi connectivity index (χ3v) is 3.58. The minimum atomic E-state index is 0.113. The second-order valence-electron chi connectivity index (χ2n) is 5.47. The van der Waals surface area contributed by atoms with E-state index in [1.54, 1.807) is 0 Å². The zero-order chi connectivity index (χ0) is 14.7. The van der Waals surface area contributed by atoms with Crippen LogP contribution in [0.5, 0.6) is 0 Å². The molecular formula is C15H32N2O2. The molecule has 114 valence electrons.